The van der Waals surface area contributed by atoms with Crippen molar-refractivity contribution in [2.45, 2.75) is 32.4 Å². The molecule has 0 bridgehead atoms. The maximum atomic E-state index is 5.25. The van der Waals surface area contributed by atoms with Gasteiger partial charge in [0.25, 0.3) is 0 Å². The van der Waals surface area contributed by atoms with Gasteiger partial charge in [0.1, 0.15) is 5.75 Å². The monoisotopic (exact) mass is 347 g/mol. The van der Waals surface area contributed by atoms with Crippen LogP contribution in [0.15, 0.2) is 53.0 Å². The van der Waals surface area contributed by atoms with Gasteiger partial charge in [-0.1, -0.05) is 36.4 Å². The van der Waals surface area contributed by atoms with Crippen LogP contribution in [0, 0.1) is 0 Å². The van der Waals surface area contributed by atoms with Crippen molar-refractivity contribution in [1.82, 2.24) is 5.32 Å². The second-order valence-corrected chi connectivity index (χ2v) is 6.13. The lowest BCUT2D eigenvalue weighted by atomic mass is 10.1. The highest BCUT2D eigenvalue weighted by Crippen LogP contribution is 2.25. The SMILES string of the molecule is COc1ccc(CN[C@@H](C)CCc2ccccc2)cc1Br. The van der Waals surface area contributed by atoms with Gasteiger partial charge in [0, 0.05) is 12.6 Å². The van der Waals surface area contributed by atoms with Crippen LogP contribution in [0.3, 0.4) is 0 Å². The molecule has 2 rings (SSSR count). The molecule has 0 aliphatic rings. The summed E-state index contributed by atoms with van der Waals surface area (Å²) in [7, 11) is 1.68. The minimum atomic E-state index is 0.492. The summed E-state index contributed by atoms with van der Waals surface area (Å²) in [5, 5.41) is 3.57. The first kappa shape index (κ1) is 16.1. The second-order valence-electron chi connectivity index (χ2n) is 5.28. The Kier molecular flexibility index (Phi) is 6.27. The van der Waals surface area contributed by atoms with Crippen LogP contribution in [-0.2, 0) is 13.0 Å². The van der Waals surface area contributed by atoms with Crippen molar-refractivity contribution in [3.63, 3.8) is 0 Å². The van der Waals surface area contributed by atoms with E-state index in [1.807, 2.05) is 6.07 Å². The molecular weight excluding hydrogens is 326 g/mol. The van der Waals surface area contributed by atoms with Gasteiger partial charge in [0.15, 0.2) is 0 Å². The molecule has 2 aromatic rings. The molecule has 0 radical (unpaired) electrons. The van der Waals surface area contributed by atoms with Crippen LogP contribution in [0.2, 0.25) is 0 Å². The molecule has 0 saturated heterocycles. The number of nitrogens with one attached hydrogen (secondary N) is 1. The maximum Gasteiger partial charge on any atom is 0.133 e. The molecule has 112 valence electrons. The lowest BCUT2D eigenvalue weighted by Crippen LogP contribution is -2.25. The first-order valence-electron chi connectivity index (χ1n) is 7.29. The Morgan fingerprint density at radius 3 is 2.52 bits per heavy atom. The third-order valence-corrected chi connectivity index (χ3v) is 4.20. The summed E-state index contributed by atoms with van der Waals surface area (Å²) in [6.45, 7) is 3.11. The molecule has 0 fully saturated rings. The Morgan fingerprint density at radius 1 is 1.10 bits per heavy atom. The molecule has 0 amide bonds. The van der Waals surface area contributed by atoms with Crippen LogP contribution >= 0.6 is 15.9 Å². The Bertz CT molecular complexity index is 556. The van der Waals surface area contributed by atoms with Gasteiger partial charge in [-0.25, -0.2) is 0 Å². The average Bonchev–Trinajstić information content (AvgIpc) is 2.52. The van der Waals surface area contributed by atoms with E-state index in [2.05, 4.69) is 70.6 Å². The molecule has 1 N–H and O–H groups in total. The van der Waals surface area contributed by atoms with E-state index < -0.39 is 0 Å². The van der Waals surface area contributed by atoms with Gasteiger partial charge in [-0.05, 0) is 59.0 Å². The summed E-state index contributed by atoms with van der Waals surface area (Å²) < 4.78 is 6.25. The van der Waals surface area contributed by atoms with Crippen molar-refractivity contribution in [3.05, 3.63) is 64.1 Å². The molecule has 2 nitrogen and oxygen atoms in total. The van der Waals surface area contributed by atoms with Crippen molar-refractivity contribution in [2.24, 2.45) is 0 Å². The zero-order chi connectivity index (χ0) is 15.1. The fourth-order valence-electron chi connectivity index (χ4n) is 2.24. The van der Waals surface area contributed by atoms with Crippen molar-refractivity contribution in [3.8, 4) is 5.75 Å². The third kappa shape index (κ3) is 5.18. The second kappa shape index (κ2) is 8.20. The van der Waals surface area contributed by atoms with Gasteiger partial charge < -0.3 is 10.1 Å². The number of hydrogen-bond acceptors (Lipinski definition) is 2. The molecule has 0 aliphatic carbocycles. The molecule has 0 saturated carbocycles. The third-order valence-electron chi connectivity index (χ3n) is 3.58. The number of methoxy groups -OCH3 is 1. The van der Waals surface area contributed by atoms with E-state index in [9.17, 15) is 0 Å². The van der Waals surface area contributed by atoms with Gasteiger partial charge in [0.2, 0.25) is 0 Å². The van der Waals surface area contributed by atoms with Crippen LogP contribution in [0.1, 0.15) is 24.5 Å². The van der Waals surface area contributed by atoms with E-state index in [1.54, 1.807) is 7.11 Å². The zero-order valence-corrected chi connectivity index (χ0v) is 14.2. The average molecular weight is 348 g/mol. The van der Waals surface area contributed by atoms with Crippen molar-refractivity contribution < 1.29 is 4.74 Å². The number of rotatable bonds is 7. The number of halogens is 1. The van der Waals surface area contributed by atoms with E-state index in [0.29, 0.717) is 6.04 Å². The van der Waals surface area contributed by atoms with Crippen molar-refractivity contribution >= 4 is 15.9 Å². The van der Waals surface area contributed by atoms with Gasteiger partial charge in [0.05, 0.1) is 11.6 Å². The highest BCUT2D eigenvalue weighted by atomic mass is 79.9. The van der Waals surface area contributed by atoms with Gasteiger partial charge >= 0.3 is 0 Å². The van der Waals surface area contributed by atoms with Crippen LogP contribution in [0.5, 0.6) is 5.75 Å². The van der Waals surface area contributed by atoms with Crippen LogP contribution < -0.4 is 10.1 Å². The summed E-state index contributed by atoms with van der Waals surface area (Å²) in [5.74, 6) is 0.871. The van der Waals surface area contributed by atoms with E-state index in [4.69, 9.17) is 4.74 Å². The Balaban J connectivity index is 1.78. The van der Waals surface area contributed by atoms with Gasteiger partial charge in [-0.3, -0.25) is 0 Å². The zero-order valence-electron chi connectivity index (χ0n) is 12.6. The fraction of sp³-hybridized carbons (Fsp3) is 0.333. The molecule has 2 aromatic carbocycles. The van der Waals surface area contributed by atoms with E-state index in [0.717, 1.165) is 29.6 Å². The number of hydrogen-bond donors (Lipinski definition) is 1. The summed E-state index contributed by atoms with van der Waals surface area (Å²) >= 11 is 3.52. The predicted molar refractivity (Wildman–Crippen MR) is 91.8 cm³/mol. The summed E-state index contributed by atoms with van der Waals surface area (Å²) in [4.78, 5) is 0. The summed E-state index contributed by atoms with van der Waals surface area (Å²) in [6.07, 6.45) is 2.25. The molecule has 0 unspecified atom stereocenters. The maximum absolute atomic E-state index is 5.25. The smallest absolute Gasteiger partial charge is 0.133 e. The van der Waals surface area contributed by atoms with Gasteiger partial charge in [-0.15, -0.1) is 0 Å². The summed E-state index contributed by atoms with van der Waals surface area (Å²) in [6, 6.07) is 17.3. The van der Waals surface area contributed by atoms with Crippen molar-refractivity contribution in [2.75, 3.05) is 7.11 Å². The quantitative estimate of drug-likeness (QED) is 0.792. The molecule has 0 heterocycles. The Hall–Kier alpha value is -1.32. The van der Waals surface area contributed by atoms with Crippen molar-refractivity contribution in [1.29, 1.82) is 0 Å². The predicted octanol–water partition coefficient (Wildman–Crippen LogP) is 4.57. The van der Waals surface area contributed by atoms with Crippen LogP contribution in [0.4, 0.5) is 0 Å². The van der Waals surface area contributed by atoms with E-state index >= 15 is 0 Å². The molecule has 21 heavy (non-hydrogen) atoms. The van der Waals surface area contributed by atoms with E-state index in [-0.39, 0.29) is 0 Å². The number of ether oxygens (including phenoxy) is 1. The van der Waals surface area contributed by atoms with Crippen LogP contribution in [0.25, 0.3) is 0 Å². The Morgan fingerprint density at radius 2 is 1.86 bits per heavy atom. The Labute approximate surface area is 135 Å². The highest BCUT2D eigenvalue weighted by Gasteiger charge is 2.05. The first-order chi connectivity index (χ1) is 10.2. The topological polar surface area (TPSA) is 21.3 Å². The molecule has 0 spiro atoms. The fourth-order valence-corrected chi connectivity index (χ4v) is 2.83. The normalized spacial score (nSPS) is 12.1. The first-order valence-corrected chi connectivity index (χ1v) is 8.08. The molecule has 0 aliphatic heterocycles. The lowest BCUT2D eigenvalue weighted by molar-refractivity contribution is 0.412. The standard InChI is InChI=1S/C18H22BrNO/c1-14(8-9-15-6-4-3-5-7-15)20-13-16-10-11-18(21-2)17(19)12-16/h3-7,10-12,14,20H,8-9,13H2,1-2H3/t14-/m0/s1. The highest BCUT2D eigenvalue weighted by molar-refractivity contribution is 9.10. The number of aryl methyl sites for hydroxylation is 1. The lowest BCUT2D eigenvalue weighted by Gasteiger charge is -2.14. The largest absolute Gasteiger partial charge is 0.496 e. The molecule has 3 heteroatoms. The minimum absolute atomic E-state index is 0.492. The van der Waals surface area contributed by atoms with Crippen LogP contribution in [-0.4, -0.2) is 13.2 Å². The molecular formula is C18H22BrNO. The number of benzene rings is 2. The molecule has 1 atom stereocenters. The molecule has 0 aromatic heterocycles. The van der Waals surface area contributed by atoms with E-state index in [1.165, 1.54) is 11.1 Å². The summed E-state index contributed by atoms with van der Waals surface area (Å²) in [5.41, 5.74) is 2.66. The van der Waals surface area contributed by atoms with Gasteiger partial charge in [-0.2, -0.15) is 0 Å². The minimum Gasteiger partial charge on any atom is -0.496 e.